The Kier molecular flexibility index (Phi) is 3.35. The number of benzene rings is 1. The largest absolute Gasteiger partial charge is 0.382 e. The monoisotopic (exact) mass is 337 g/mol. The summed E-state index contributed by atoms with van der Waals surface area (Å²) in [6.07, 6.45) is 4.84. The molecule has 0 saturated carbocycles. The molecule has 4 aromatic rings. The van der Waals surface area contributed by atoms with Crippen LogP contribution in [0, 0.1) is 0 Å². The van der Waals surface area contributed by atoms with Crippen molar-refractivity contribution in [3.63, 3.8) is 0 Å². The minimum atomic E-state index is 0.313. The Morgan fingerprint density at radius 3 is 2.79 bits per heavy atom. The normalized spacial score (nSPS) is 11.1. The molecule has 1 aromatic carbocycles. The third-order valence-corrected chi connectivity index (χ3v) is 3.85. The van der Waals surface area contributed by atoms with Crippen LogP contribution in [0.5, 0.6) is 0 Å². The molecule has 0 atom stereocenters. The first-order valence-corrected chi connectivity index (χ1v) is 7.53. The molecule has 0 aliphatic carbocycles. The highest BCUT2D eigenvalue weighted by atomic mass is 35.5. The molecule has 7 nitrogen and oxygen atoms in total. The molecule has 4 rings (SSSR count). The molecule has 3 heterocycles. The number of pyridine rings is 1. The number of fused-ring (bicyclic) bond motifs is 1. The lowest BCUT2D eigenvalue weighted by atomic mass is 10.1. The van der Waals surface area contributed by atoms with Gasteiger partial charge in [0.25, 0.3) is 0 Å². The molecule has 0 amide bonds. The maximum Gasteiger partial charge on any atom is 0.142 e. The van der Waals surface area contributed by atoms with Gasteiger partial charge in [-0.05, 0) is 18.2 Å². The molecule has 3 aromatic heterocycles. The molecule has 0 bridgehead atoms. The van der Waals surface area contributed by atoms with E-state index in [1.807, 2.05) is 24.3 Å². The van der Waals surface area contributed by atoms with Gasteiger partial charge >= 0.3 is 0 Å². The summed E-state index contributed by atoms with van der Waals surface area (Å²) in [5, 5.41) is 9.85. The van der Waals surface area contributed by atoms with Crippen molar-refractivity contribution in [2.75, 3.05) is 5.73 Å². The van der Waals surface area contributed by atoms with Crippen molar-refractivity contribution in [2.24, 2.45) is 7.05 Å². The number of hydrogen-bond donors (Lipinski definition) is 1. The molecule has 0 aliphatic rings. The van der Waals surface area contributed by atoms with Gasteiger partial charge in [0.2, 0.25) is 0 Å². The fraction of sp³-hybridized carbons (Fsp3) is 0.0625. The number of aromatic nitrogens is 6. The Hall–Kier alpha value is -3.06. The van der Waals surface area contributed by atoms with Crippen molar-refractivity contribution < 1.29 is 0 Å². The Balaban J connectivity index is 1.97. The summed E-state index contributed by atoms with van der Waals surface area (Å²) in [5.74, 6) is 0.313. The number of nitrogens with zero attached hydrogens (tertiary/aromatic N) is 6. The lowest BCUT2D eigenvalue weighted by Crippen LogP contribution is -1.99. The average Bonchev–Trinajstić information content (AvgIpc) is 3.01. The molecule has 2 N–H and O–H groups in total. The summed E-state index contributed by atoms with van der Waals surface area (Å²) in [5.41, 5.74) is 9.15. The van der Waals surface area contributed by atoms with Crippen molar-refractivity contribution in [3.8, 4) is 22.6 Å². The van der Waals surface area contributed by atoms with Gasteiger partial charge in [0.15, 0.2) is 0 Å². The number of nitrogens with two attached hydrogens (primary N) is 1. The molecule has 8 heteroatoms. The van der Waals surface area contributed by atoms with Gasteiger partial charge in [0.05, 0.1) is 28.6 Å². The van der Waals surface area contributed by atoms with E-state index in [0.717, 1.165) is 16.5 Å². The lowest BCUT2D eigenvalue weighted by molar-refractivity contribution is 0.655. The fourth-order valence-corrected chi connectivity index (χ4v) is 2.81. The predicted molar refractivity (Wildman–Crippen MR) is 92.2 cm³/mol. The van der Waals surface area contributed by atoms with Crippen molar-refractivity contribution in [2.45, 2.75) is 0 Å². The highest BCUT2D eigenvalue weighted by Crippen LogP contribution is 2.33. The highest BCUT2D eigenvalue weighted by Gasteiger charge is 2.16. The summed E-state index contributed by atoms with van der Waals surface area (Å²) in [6, 6.07) is 7.59. The van der Waals surface area contributed by atoms with Crippen LogP contribution in [-0.2, 0) is 7.05 Å². The summed E-state index contributed by atoms with van der Waals surface area (Å²) < 4.78 is 0. The number of anilines is 1. The van der Waals surface area contributed by atoms with Crippen LogP contribution in [0.4, 0.5) is 5.82 Å². The summed E-state index contributed by atoms with van der Waals surface area (Å²) in [7, 11) is 1.74. The van der Waals surface area contributed by atoms with E-state index < -0.39 is 0 Å². The lowest BCUT2D eigenvalue weighted by Gasteiger charge is -2.09. The number of rotatable bonds is 2. The summed E-state index contributed by atoms with van der Waals surface area (Å²) in [4.78, 5) is 14.6. The van der Waals surface area contributed by atoms with Crippen LogP contribution in [0.2, 0.25) is 5.02 Å². The second kappa shape index (κ2) is 5.54. The minimum Gasteiger partial charge on any atom is -0.382 e. The molecule has 0 fully saturated rings. The van der Waals surface area contributed by atoms with Crippen molar-refractivity contribution >= 4 is 28.3 Å². The molecule has 118 valence electrons. The first-order valence-electron chi connectivity index (χ1n) is 7.15. The van der Waals surface area contributed by atoms with Gasteiger partial charge in [-0.25, -0.2) is 4.98 Å². The Morgan fingerprint density at radius 2 is 2.00 bits per heavy atom. The highest BCUT2D eigenvalue weighted by molar-refractivity contribution is 6.35. The van der Waals surface area contributed by atoms with E-state index in [1.165, 1.54) is 11.0 Å². The van der Waals surface area contributed by atoms with Crippen molar-refractivity contribution in [3.05, 3.63) is 47.9 Å². The third kappa shape index (κ3) is 2.44. The van der Waals surface area contributed by atoms with Crippen LogP contribution in [0.1, 0.15) is 0 Å². The first kappa shape index (κ1) is 14.5. The average molecular weight is 338 g/mol. The van der Waals surface area contributed by atoms with E-state index in [0.29, 0.717) is 27.9 Å². The smallest absolute Gasteiger partial charge is 0.142 e. The van der Waals surface area contributed by atoms with Crippen LogP contribution in [0.3, 0.4) is 0 Å². The van der Waals surface area contributed by atoms with Gasteiger partial charge in [-0.2, -0.15) is 15.0 Å². The first-order chi connectivity index (χ1) is 11.6. The third-order valence-electron chi connectivity index (χ3n) is 3.57. The van der Waals surface area contributed by atoms with Crippen molar-refractivity contribution in [1.29, 1.82) is 0 Å². The van der Waals surface area contributed by atoms with Gasteiger partial charge in [-0.3, -0.25) is 9.97 Å². The molecule has 0 radical (unpaired) electrons. The summed E-state index contributed by atoms with van der Waals surface area (Å²) >= 11 is 6.38. The van der Waals surface area contributed by atoms with Crippen LogP contribution in [0.15, 0.2) is 42.9 Å². The van der Waals surface area contributed by atoms with Crippen molar-refractivity contribution in [1.82, 2.24) is 29.9 Å². The van der Waals surface area contributed by atoms with E-state index >= 15 is 0 Å². The minimum absolute atomic E-state index is 0.313. The maximum absolute atomic E-state index is 6.38. The molecule has 24 heavy (non-hydrogen) atoms. The quantitative estimate of drug-likeness (QED) is 0.604. The number of nitrogen functional groups attached to an aromatic ring is 1. The van der Waals surface area contributed by atoms with E-state index in [-0.39, 0.29) is 0 Å². The van der Waals surface area contributed by atoms with Crippen LogP contribution in [-0.4, -0.2) is 29.9 Å². The predicted octanol–water partition coefficient (Wildman–Crippen LogP) is 2.72. The molecule has 0 saturated heterocycles. The topological polar surface area (TPSA) is 95.4 Å². The van der Waals surface area contributed by atoms with E-state index in [4.69, 9.17) is 17.3 Å². The van der Waals surface area contributed by atoms with Gasteiger partial charge in [0.1, 0.15) is 17.2 Å². The molecular formula is C16H12ClN7. The molecular weight excluding hydrogens is 326 g/mol. The molecule has 0 aliphatic heterocycles. The van der Waals surface area contributed by atoms with E-state index in [9.17, 15) is 0 Å². The van der Waals surface area contributed by atoms with Crippen LogP contribution in [0.25, 0.3) is 33.5 Å². The molecule has 0 spiro atoms. The number of halogens is 1. The Morgan fingerprint density at radius 1 is 1.12 bits per heavy atom. The van der Waals surface area contributed by atoms with Gasteiger partial charge in [0, 0.05) is 24.2 Å². The van der Waals surface area contributed by atoms with Gasteiger partial charge in [-0.1, -0.05) is 17.7 Å². The van der Waals surface area contributed by atoms with Gasteiger partial charge < -0.3 is 5.73 Å². The Bertz CT molecular complexity index is 1060. The Labute approximate surface area is 142 Å². The van der Waals surface area contributed by atoms with E-state index in [2.05, 4.69) is 25.1 Å². The van der Waals surface area contributed by atoms with E-state index in [1.54, 1.807) is 19.4 Å². The zero-order valence-electron chi connectivity index (χ0n) is 12.7. The van der Waals surface area contributed by atoms with Crippen LogP contribution >= 0.6 is 11.6 Å². The zero-order valence-corrected chi connectivity index (χ0v) is 13.4. The second-order valence-electron chi connectivity index (χ2n) is 5.24. The maximum atomic E-state index is 6.38. The fourth-order valence-electron chi connectivity index (χ4n) is 2.53. The number of hydrogen-bond acceptors (Lipinski definition) is 6. The molecule has 0 unspecified atom stereocenters. The zero-order chi connectivity index (χ0) is 16.7. The standard InChI is InChI=1S/C16H12ClN7/c1-24-21-7-12(23-24)16-15(20-8-13(18)22-16)10-5-9-3-2-4-19-14(9)11(17)6-10/h2-8H,1H3,(H2,18,22). The number of aryl methyl sites for hydroxylation is 1. The second-order valence-corrected chi connectivity index (χ2v) is 5.65. The van der Waals surface area contributed by atoms with Gasteiger partial charge in [-0.15, -0.1) is 0 Å². The van der Waals surface area contributed by atoms with Crippen LogP contribution < -0.4 is 5.73 Å². The SMILES string of the molecule is Cn1ncc(-c2nc(N)cnc2-c2cc(Cl)c3ncccc3c2)n1. The summed E-state index contributed by atoms with van der Waals surface area (Å²) in [6.45, 7) is 0.